The minimum atomic E-state index is -0.329. The van der Waals surface area contributed by atoms with Gasteiger partial charge in [0.25, 0.3) is 5.56 Å². The molecular formula is C20H17N3O5. The van der Waals surface area contributed by atoms with E-state index in [0.717, 1.165) is 5.56 Å². The zero-order valence-corrected chi connectivity index (χ0v) is 15.0. The highest BCUT2D eigenvalue weighted by molar-refractivity contribution is 5.90. The molecule has 0 bridgehead atoms. The van der Waals surface area contributed by atoms with Gasteiger partial charge in [-0.3, -0.25) is 14.2 Å². The summed E-state index contributed by atoms with van der Waals surface area (Å²) in [7, 11) is 1.57. The first-order valence-corrected chi connectivity index (χ1v) is 8.53. The van der Waals surface area contributed by atoms with Gasteiger partial charge in [-0.1, -0.05) is 0 Å². The Labute approximate surface area is 160 Å². The van der Waals surface area contributed by atoms with Crippen molar-refractivity contribution in [3.05, 3.63) is 65.2 Å². The number of aromatic nitrogens is 2. The number of methoxy groups -OCH3 is 1. The van der Waals surface area contributed by atoms with Crippen LogP contribution in [0.3, 0.4) is 0 Å². The molecule has 8 nitrogen and oxygen atoms in total. The highest BCUT2D eigenvalue weighted by Crippen LogP contribution is 2.35. The largest absolute Gasteiger partial charge is 0.497 e. The number of benzene rings is 2. The topological polar surface area (TPSA) is 91.7 Å². The van der Waals surface area contributed by atoms with Gasteiger partial charge in [-0.25, -0.2) is 4.98 Å². The Balaban J connectivity index is 1.47. The van der Waals surface area contributed by atoms with Crippen LogP contribution < -0.4 is 25.1 Å². The molecule has 0 saturated carbocycles. The third kappa shape index (κ3) is 3.66. The number of rotatable bonds is 5. The lowest BCUT2D eigenvalue weighted by molar-refractivity contribution is -0.116. The van der Waals surface area contributed by atoms with E-state index in [2.05, 4.69) is 10.3 Å². The Morgan fingerprint density at radius 2 is 1.93 bits per heavy atom. The Hall–Kier alpha value is -3.81. The van der Waals surface area contributed by atoms with E-state index in [1.807, 2.05) is 0 Å². The van der Waals surface area contributed by atoms with Gasteiger partial charge in [0.1, 0.15) is 12.3 Å². The lowest BCUT2D eigenvalue weighted by Gasteiger charge is -2.09. The zero-order chi connectivity index (χ0) is 19.5. The molecular weight excluding hydrogens is 362 g/mol. The van der Waals surface area contributed by atoms with Crippen molar-refractivity contribution in [1.29, 1.82) is 0 Å². The molecule has 2 aromatic carbocycles. The average Bonchev–Trinajstić information content (AvgIpc) is 3.18. The molecule has 0 aliphatic carbocycles. The Kier molecular flexibility index (Phi) is 4.67. The maximum absolute atomic E-state index is 12.4. The average molecular weight is 379 g/mol. The number of nitrogens with one attached hydrogen (secondary N) is 1. The molecule has 1 aliphatic rings. The van der Waals surface area contributed by atoms with Crippen molar-refractivity contribution in [2.75, 3.05) is 19.2 Å². The van der Waals surface area contributed by atoms with Gasteiger partial charge in [-0.2, -0.15) is 0 Å². The summed E-state index contributed by atoms with van der Waals surface area (Å²) >= 11 is 0. The van der Waals surface area contributed by atoms with Gasteiger partial charge in [-0.05, 0) is 42.5 Å². The van der Waals surface area contributed by atoms with Crippen molar-refractivity contribution in [2.24, 2.45) is 0 Å². The number of carbonyl (C=O) groups is 1. The molecule has 0 radical (unpaired) electrons. The van der Waals surface area contributed by atoms with Gasteiger partial charge in [0.15, 0.2) is 11.5 Å². The Morgan fingerprint density at radius 1 is 1.14 bits per heavy atom. The molecule has 8 heteroatoms. The predicted octanol–water partition coefficient (Wildman–Crippen LogP) is 2.29. The van der Waals surface area contributed by atoms with Crippen LogP contribution in [0.15, 0.2) is 59.7 Å². The molecule has 1 amide bonds. The van der Waals surface area contributed by atoms with Crippen LogP contribution in [0, 0.1) is 0 Å². The van der Waals surface area contributed by atoms with E-state index in [0.29, 0.717) is 28.6 Å². The first-order chi connectivity index (χ1) is 13.6. The standard InChI is InChI=1S/C20H17N3O5/c1-26-15-5-3-14(4-6-15)22-19(24)10-23-11-21-16(9-20(23)25)13-2-7-17-18(8-13)28-12-27-17/h2-9,11H,10,12H2,1H3,(H,22,24). The van der Waals surface area contributed by atoms with E-state index in [1.54, 1.807) is 49.6 Å². The second-order valence-electron chi connectivity index (χ2n) is 6.09. The SMILES string of the molecule is COc1ccc(NC(=O)Cn2cnc(-c3ccc4c(c3)OCO4)cc2=O)cc1. The van der Waals surface area contributed by atoms with Crippen LogP contribution in [-0.4, -0.2) is 29.4 Å². The molecule has 28 heavy (non-hydrogen) atoms. The number of hydrogen-bond donors (Lipinski definition) is 1. The van der Waals surface area contributed by atoms with Crippen molar-refractivity contribution in [3.8, 4) is 28.5 Å². The minimum Gasteiger partial charge on any atom is -0.497 e. The van der Waals surface area contributed by atoms with Crippen LogP contribution >= 0.6 is 0 Å². The molecule has 2 heterocycles. The molecule has 0 unspecified atom stereocenters. The van der Waals surface area contributed by atoms with Crippen molar-refractivity contribution in [1.82, 2.24) is 9.55 Å². The molecule has 0 atom stereocenters. The van der Waals surface area contributed by atoms with E-state index in [9.17, 15) is 9.59 Å². The number of hydrogen-bond acceptors (Lipinski definition) is 6. The second kappa shape index (κ2) is 7.43. The summed E-state index contributed by atoms with van der Waals surface area (Å²) in [5.74, 6) is 1.64. The van der Waals surface area contributed by atoms with E-state index in [4.69, 9.17) is 14.2 Å². The number of anilines is 1. The first-order valence-electron chi connectivity index (χ1n) is 8.53. The quantitative estimate of drug-likeness (QED) is 0.731. The van der Waals surface area contributed by atoms with Crippen molar-refractivity contribution >= 4 is 11.6 Å². The number of fused-ring (bicyclic) bond motifs is 1. The fourth-order valence-corrected chi connectivity index (χ4v) is 2.79. The fraction of sp³-hybridized carbons (Fsp3) is 0.150. The third-order valence-corrected chi connectivity index (χ3v) is 4.24. The molecule has 1 N–H and O–H groups in total. The summed E-state index contributed by atoms with van der Waals surface area (Å²) in [4.78, 5) is 28.9. The molecule has 4 rings (SSSR count). The first kappa shape index (κ1) is 17.6. The number of carbonyl (C=O) groups excluding carboxylic acids is 1. The summed E-state index contributed by atoms with van der Waals surface area (Å²) in [6, 6.07) is 13.7. The number of amides is 1. The summed E-state index contributed by atoms with van der Waals surface area (Å²) in [6.45, 7) is 0.0381. The number of ether oxygens (including phenoxy) is 3. The molecule has 1 aliphatic heterocycles. The third-order valence-electron chi connectivity index (χ3n) is 4.24. The molecule has 0 spiro atoms. The minimum absolute atomic E-state index is 0.140. The van der Waals surface area contributed by atoms with Gasteiger partial charge in [0.2, 0.25) is 12.7 Å². The van der Waals surface area contributed by atoms with Crippen molar-refractivity contribution in [3.63, 3.8) is 0 Å². The molecule has 0 saturated heterocycles. The van der Waals surface area contributed by atoms with Gasteiger partial charge < -0.3 is 19.5 Å². The summed E-state index contributed by atoms with van der Waals surface area (Å²) in [5, 5.41) is 2.73. The van der Waals surface area contributed by atoms with Crippen molar-refractivity contribution in [2.45, 2.75) is 6.54 Å². The van der Waals surface area contributed by atoms with E-state index in [1.165, 1.54) is 17.0 Å². The summed E-state index contributed by atoms with van der Waals surface area (Å²) in [6.07, 6.45) is 1.36. The van der Waals surface area contributed by atoms with E-state index >= 15 is 0 Å². The summed E-state index contributed by atoms with van der Waals surface area (Å²) in [5.41, 5.74) is 1.52. The van der Waals surface area contributed by atoms with Crippen LogP contribution in [0.1, 0.15) is 0 Å². The maximum atomic E-state index is 12.4. The van der Waals surface area contributed by atoms with Gasteiger partial charge >= 0.3 is 0 Å². The van der Waals surface area contributed by atoms with Crippen LogP contribution in [0.2, 0.25) is 0 Å². The lowest BCUT2D eigenvalue weighted by atomic mass is 10.1. The fourth-order valence-electron chi connectivity index (χ4n) is 2.79. The Morgan fingerprint density at radius 3 is 2.68 bits per heavy atom. The molecule has 0 fully saturated rings. The Bertz CT molecular complexity index is 1080. The van der Waals surface area contributed by atoms with Gasteiger partial charge in [-0.15, -0.1) is 0 Å². The molecule has 142 valence electrons. The van der Waals surface area contributed by atoms with Crippen LogP contribution in [0.25, 0.3) is 11.3 Å². The van der Waals surface area contributed by atoms with E-state index < -0.39 is 0 Å². The van der Waals surface area contributed by atoms with Gasteiger partial charge in [0, 0.05) is 17.3 Å². The van der Waals surface area contributed by atoms with Crippen molar-refractivity contribution < 1.29 is 19.0 Å². The summed E-state index contributed by atoms with van der Waals surface area (Å²) < 4.78 is 16.9. The van der Waals surface area contributed by atoms with E-state index in [-0.39, 0.29) is 24.8 Å². The monoisotopic (exact) mass is 379 g/mol. The number of nitrogens with zero attached hydrogens (tertiary/aromatic N) is 2. The molecule has 1 aromatic heterocycles. The zero-order valence-electron chi connectivity index (χ0n) is 15.0. The highest BCUT2D eigenvalue weighted by Gasteiger charge is 2.15. The predicted molar refractivity (Wildman–Crippen MR) is 102 cm³/mol. The maximum Gasteiger partial charge on any atom is 0.254 e. The normalized spacial score (nSPS) is 11.9. The molecule has 3 aromatic rings. The second-order valence-corrected chi connectivity index (χ2v) is 6.09. The lowest BCUT2D eigenvalue weighted by Crippen LogP contribution is -2.27. The smallest absolute Gasteiger partial charge is 0.254 e. The van der Waals surface area contributed by atoms with Crippen LogP contribution in [0.4, 0.5) is 5.69 Å². The highest BCUT2D eigenvalue weighted by atomic mass is 16.7. The van der Waals surface area contributed by atoms with Gasteiger partial charge in [0.05, 0.1) is 19.1 Å². The van der Waals surface area contributed by atoms with Crippen LogP contribution in [0.5, 0.6) is 17.2 Å². The van der Waals surface area contributed by atoms with Crippen LogP contribution in [-0.2, 0) is 11.3 Å².